The van der Waals surface area contributed by atoms with Crippen molar-refractivity contribution in [3.05, 3.63) is 11.2 Å². The fourth-order valence-corrected chi connectivity index (χ4v) is 4.17. The molecule has 1 aliphatic rings. The summed E-state index contributed by atoms with van der Waals surface area (Å²) in [4.78, 5) is 37.4. The van der Waals surface area contributed by atoms with E-state index in [0.717, 1.165) is 19.3 Å². The number of piperazine rings is 1. The summed E-state index contributed by atoms with van der Waals surface area (Å²) in [7, 11) is 0. The van der Waals surface area contributed by atoms with E-state index in [-0.39, 0.29) is 29.3 Å². The number of urea groups is 1. The highest BCUT2D eigenvalue weighted by Gasteiger charge is 2.30. The predicted octanol–water partition coefficient (Wildman–Crippen LogP) is 3.55. The van der Waals surface area contributed by atoms with E-state index in [1.165, 1.54) is 11.8 Å². The minimum atomic E-state index is -0.275. The number of nitrogens with one attached hydrogen (secondary N) is 2. The molecule has 1 unspecified atom stereocenters. The number of rotatable bonds is 8. The summed E-state index contributed by atoms with van der Waals surface area (Å²) in [5, 5.41) is 6.76. The third-order valence-electron chi connectivity index (χ3n) is 4.79. The quantitative estimate of drug-likeness (QED) is 0.261. The number of nitrogens with zero attached hydrogens (tertiary/aromatic N) is 4. The molecule has 0 spiro atoms. The van der Waals surface area contributed by atoms with Crippen LogP contribution < -0.4 is 15.5 Å². The van der Waals surface area contributed by atoms with Gasteiger partial charge in [-0.1, -0.05) is 43.1 Å². The first-order valence-corrected chi connectivity index (χ1v) is 12.2. The highest BCUT2D eigenvalue weighted by molar-refractivity contribution is 7.99. The lowest BCUT2D eigenvalue weighted by molar-refractivity contribution is -0.118. The van der Waals surface area contributed by atoms with E-state index >= 15 is 0 Å². The number of anilines is 1. The van der Waals surface area contributed by atoms with Crippen molar-refractivity contribution >= 4 is 41.1 Å². The molecule has 8 nitrogen and oxygen atoms in total. The lowest BCUT2D eigenvalue weighted by Crippen LogP contribution is -2.59. The number of carbonyl (C=O) groups excluding carboxylic acids is 2. The first-order chi connectivity index (χ1) is 14.6. The van der Waals surface area contributed by atoms with Crippen LogP contribution in [0, 0.1) is 0 Å². The van der Waals surface area contributed by atoms with Gasteiger partial charge in [-0.15, -0.1) is 0 Å². The first-order valence-electron chi connectivity index (χ1n) is 10.9. The molecule has 2 heterocycles. The Morgan fingerprint density at radius 3 is 2.65 bits per heavy atom. The highest BCUT2D eigenvalue weighted by Crippen LogP contribution is 2.24. The van der Waals surface area contributed by atoms with Crippen LogP contribution in [0.4, 0.5) is 10.6 Å². The topological polar surface area (TPSA) is 90.5 Å². The van der Waals surface area contributed by atoms with Crippen LogP contribution in [0.3, 0.4) is 0 Å². The number of halogens is 1. The van der Waals surface area contributed by atoms with E-state index in [9.17, 15) is 9.59 Å². The average molecular weight is 471 g/mol. The lowest BCUT2D eigenvalue weighted by atomic mass is 10.1. The fourth-order valence-electron chi connectivity index (χ4n) is 3.26. The molecule has 1 saturated heterocycles. The molecule has 0 saturated carbocycles. The van der Waals surface area contributed by atoms with E-state index < -0.39 is 0 Å². The van der Waals surface area contributed by atoms with Crippen LogP contribution in [0.5, 0.6) is 0 Å². The summed E-state index contributed by atoms with van der Waals surface area (Å²) >= 11 is 7.50. The molecule has 2 N–H and O–H groups in total. The zero-order valence-corrected chi connectivity index (χ0v) is 20.8. The predicted molar refractivity (Wildman–Crippen MR) is 127 cm³/mol. The number of carbonyl (C=O) groups is 2. The monoisotopic (exact) mass is 470 g/mol. The molecule has 1 fully saturated rings. The van der Waals surface area contributed by atoms with Gasteiger partial charge in [-0.05, 0) is 34.1 Å². The van der Waals surface area contributed by atoms with Crippen LogP contribution in [-0.4, -0.2) is 70.3 Å². The van der Waals surface area contributed by atoms with Crippen molar-refractivity contribution in [1.29, 1.82) is 0 Å². The third kappa shape index (κ3) is 8.73. The molecule has 1 aromatic heterocycles. The molecule has 3 amide bonds. The minimum absolute atomic E-state index is 0.0230. The second kappa shape index (κ2) is 11.8. The summed E-state index contributed by atoms with van der Waals surface area (Å²) < 4.78 is 0. The van der Waals surface area contributed by atoms with Gasteiger partial charge in [-0.25, -0.2) is 14.8 Å². The summed E-state index contributed by atoms with van der Waals surface area (Å²) in [6.45, 7) is 12.7. The SMILES string of the molecule is CCCCCNC(=O)CSc1nc(Cl)cc(N2CCN(C(=O)NC(C)(C)C)C(C)C2)n1. The molecule has 10 heteroatoms. The van der Waals surface area contributed by atoms with Crippen LogP contribution >= 0.6 is 23.4 Å². The Balaban J connectivity index is 1.93. The van der Waals surface area contributed by atoms with Crippen molar-refractivity contribution in [3.8, 4) is 0 Å². The van der Waals surface area contributed by atoms with Gasteiger partial charge in [0.25, 0.3) is 0 Å². The Kier molecular flexibility index (Phi) is 9.68. The van der Waals surface area contributed by atoms with Crippen molar-refractivity contribution in [2.75, 3.05) is 36.8 Å². The van der Waals surface area contributed by atoms with Gasteiger partial charge in [0.15, 0.2) is 5.16 Å². The van der Waals surface area contributed by atoms with Crippen LogP contribution in [0.1, 0.15) is 53.9 Å². The van der Waals surface area contributed by atoms with Crippen molar-refractivity contribution in [1.82, 2.24) is 25.5 Å². The summed E-state index contributed by atoms with van der Waals surface area (Å²) in [5.74, 6) is 0.940. The number of thioether (sulfide) groups is 1. The molecule has 1 aliphatic heterocycles. The smallest absolute Gasteiger partial charge is 0.318 e. The van der Waals surface area contributed by atoms with Gasteiger partial charge in [-0.3, -0.25) is 4.79 Å². The zero-order chi connectivity index (χ0) is 23.0. The summed E-state index contributed by atoms with van der Waals surface area (Å²) in [6.07, 6.45) is 3.22. The summed E-state index contributed by atoms with van der Waals surface area (Å²) in [5.41, 5.74) is -0.275. The van der Waals surface area contributed by atoms with Gasteiger partial charge in [-0.2, -0.15) is 0 Å². The Morgan fingerprint density at radius 2 is 2.00 bits per heavy atom. The van der Waals surface area contributed by atoms with E-state index in [1.54, 1.807) is 6.07 Å². The van der Waals surface area contributed by atoms with Gasteiger partial charge in [0, 0.05) is 43.8 Å². The molecule has 2 rings (SSSR count). The number of aromatic nitrogens is 2. The van der Waals surface area contributed by atoms with E-state index in [4.69, 9.17) is 11.6 Å². The second-order valence-electron chi connectivity index (χ2n) is 8.85. The third-order valence-corrected chi connectivity index (χ3v) is 5.83. The van der Waals surface area contributed by atoms with Crippen LogP contribution in [0.15, 0.2) is 11.2 Å². The van der Waals surface area contributed by atoms with Gasteiger partial charge in [0.1, 0.15) is 11.0 Å². The number of amides is 3. The fraction of sp³-hybridized carbons (Fsp3) is 0.714. The maximum absolute atomic E-state index is 12.5. The van der Waals surface area contributed by atoms with Crippen molar-refractivity contribution in [2.45, 2.75) is 70.6 Å². The molecule has 0 radical (unpaired) electrons. The number of hydrogen-bond donors (Lipinski definition) is 2. The van der Waals surface area contributed by atoms with E-state index in [1.807, 2.05) is 32.6 Å². The largest absolute Gasteiger partial charge is 0.355 e. The molecule has 0 bridgehead atoms. The Morgan fingerprint density at radius 1 is 1.26 bits per heavy atom. The van der Waals surface area contributed by atoms with Crippen LogP contribution in [-0.2, 0) is 4.79 Å². The minimum Gasteiger partial charge on any atom is -0.355 e. The summed E-state index contributed by atoms with van der Waals surface area (Å²) in [6, 6.07) is 1.70. The van der Waals surface area contributed by atoms with Gasteiger partial charge < -0.3 is 20.4 Å². The molecule has 31 heavy (non-hydrogen) atoms. The molecular weight excluding hydrogens is 436 g/mol. The maximum atomic E-state index is 12.5. The van der Waals surface area contributed by atoms with Gasteiger partial charge >= 0.3 is 6.03 Å². The van der Waals surface area contributed by atoms with Crippen molar-refractivity contribution in [2.24, 2.45) is 0 Å². The first kappa shape index (κ1) is 25.5. The van der Waals surface area contributed by atoms with E-state index in [2.05, 4.69) is 32.4 Å². The normalized spacial score (nSPS) is 16.9. The molecule has 0 aliphatic carbocycles. The second-order valence-corrected chi connectivity index (χ2v) is 10.2. The zero-order valence-electron chi connectivity index (χ0n) is 19.2. The van der Waals surface area contributed by atoms with Crippen LogP contribution in [0.25, 0.3) is 0 Å². The molecule has 1 aromatic rings. The van der Waals surface area contributed by atoms with Crippen molar-refractivity contribution in [3.63, 3.8) is 0 Å². The van der Waals surface area contributed by atoms with Crippen LogP contribution in [0.2, 0.25) is 5.15 Å². The Bertz CT molecular complexity index is 758. The molecule has 174 valence electrons. The van der Waals surface area contributed by atoms with E-state index in [0.29, 0.717) is 42.3 Å². The molecular formula is C21H35ClN6O2S. The number of unbranched alkanes of at least 4 members (excludes halogenated alkanes) is 2. The Hall–Kier alpha value is -1.74. The Labute approximate surface area is 194 Å². The number of hydrogen-bond acceptors (Lipinski definition) is 6. The highest BCUT2D eigenvalue weighted by atomic mass is 35.5. The maximum Gasteiger partial charge on any atom is 0.318 e. The van der Waals surface area contributed by atoms with Gasteiger partial charge in [0.05, 0.1) is 5.75 Å². The van der Waals surface area contributed by atoms with Gasteiger partial charge in [0.2, 0.25) is 5.91 Å². The van der Waals surface area contributed by atoms with Crippen molar-refractivity contribution < 1.29 is 9.59 Å². The average Bonchev–Trinajstić information content (AvgIpc) is 2.68. The lowest BCUT2D eigenvalue weighted by Gasteiger charge is -2.41. The molecule has 1 atom stereocenters. The standard InChI is InChI=1S/C21H35ClN6O2S/c1-6-7-8-9-23-18(29)14-31-19-24-16(22)12-17(25-19)27-10-11-28(15(2)13-27)20(30)26-21(3,4)5/h12,15H,6-11,13-14H2,1-5H3,(H,23,29)(H,26,30). The molecule has 0 aromatic carbocycles.